The van der Waals surface area contributed by atoms with E-state index in [1.54, 1.807) is 24.8 Å². The van der Waals surface area contributed by atoms with Crippen molar-refractivity contribution in [3.63, 3.8) is 0 Å². The number of rotatable bonds is 6. The van der Waals surface area contributed by atoms with Crippen molar-refractivity contribution in [2.24, 2.45) is 0 Å². The van der Waals surface area contributed by atoms with Crippen LogP contribution in [0.25, 0.3) is 11.0 Å². The van der Waals surface area contributed by atoms with Gasteiger partial charge in [-0.1, -0.05) is 29.8 Å². The highest BCUT2D eigenvalue weighted by atomic mass is 35.5. The van der Waals surface area contributed by atoms with Crippen LogP contribution in [-0.2, 0) is 13.2 Å². The zero-order valence-electron chi connectivity index (χ0n) is 17.6. The minimum atomic E-state index is 0.405. The molecule has 3 heterocycles. The first-order valence-corrected chi connectivity index (χ1v) is 11.0. The first-order valence-electron chi connectivity index (χ1n) is 10.6. The molecule has 0 aliphatic carbocycles. The Kier molecular flexibility index (Phi) is 6.09. The summed E-state index contributed by atoms with van der Waals surface area (Å²) in [5.41, 5.74) is 4.12. The third-order valence-corrected chi connectivity index (χ3v) is 5.75. The zero-order chi connectivity index (χ0) is 21.8. The molecular formula is C24H23ClN6O. The second kappa shape index (κ2) is 9.46. The van der Waals surface area contributed by atoms with Crippen molar-refractivity contribution < 1.29 is 4.74 Å². The topological polar surface area (TPSA) is 67.3 Å². The van der Waals surface area contributed by atoms with E-state index in [9.17, 15) is 0 Å². The number of aromatic nitrogens is 4. The van der Waals surface area contributed by atoms with E-state index >= 15 is 0 Å². The van der Waals surface area contributed by atoms with Crippen LogP contribution in [-0.4, -0.2) is 51.0 Å². The Balaban J connectivity index is 1.17. The third kappa shape index (κ3) is 4.95. The summed E-state index contributed by atoms with van der Waals surface area (Å²) in [6, 6.07) is 13.9. The molecule has 5 rings (SSSR count). The maximum atomic E-state index is 6.04. The van der Waals surface area contributed by atoms with Crippen LogP contribution >= 0.6 is 11.6 Å². The molecule has 0 bridgehead atoms. The lowest BCUT2D eigenvalue weighted by atomic mass is 10.1. The average Bonchev–Trinajstić information content (AvgIpc) is 2.83. The van der Waals surface area contributed by atoms with Crippen molar-refractivity contribution in [3.8, 4) is 5.88 Å². The second-order valence-electron chi connectivity index (χ2n) is 7.78. The molecule has 1 aliphatic heterocycles. The summed E-state index contributed by atoms with van der Waals surface area (Å²) in [6.07, 6.45) is 6.90. The van der Waals surface area contributed by atoms with Crippen LogP contribution in [0.2, 0.25) is 5.02 Å². The molecule has 0 unspecified atom stereocenters. The maximum absolute atomic E-state index is 6.04. The average molecular weight is 447 g/mol. The van der Waals surface area contributed by atoms with E-state index in [1.807, 2.05) is 30.3 Å². The van der Waals surface area contributed by atoms with E-state index in [0.717, 1.165) is 55.1 Å². The molecule has 7 nitrogen and oxygen atoms in total. The highest BCUT2D eigenvalue weighted by molar-refractivity contribution is 6.30. The Morgan fingerprint density at radius 3 is 2.56 bits per heavy atom. The predicted molar refractivity (Wildman–Crippen MR) is 125 cm³/mol. The lowest BCUT2D eigenvalue weighted by Crippen LogP contribution is -2.46. The van der Waals surface area contributed by atoms with Crippen LogP contribution in [0.5, 0.6) is 5.88 Å². The summed E-state index contributed by atoms with van der Waals surface area (Å²) < 4.78 is 5.83. The summed E-state index contributed by atoms with van der Waals surface area (Å²) in [7, 11) is 0. The van der Waals surface area contributed by atoms with Crippen LogP contribution in [0.4, 0.5) is 5.82 Å². The van der Waals surface area contributed by atoms with Gasteiger partial charge in [-0.25, -0.2) is 0 Å². The number of ether oxygens (including phenoxy) is 1. The number of piperazine rings is 1. The van der Waals surface area contributed by atoms with E-state index in [1.165, 1.54) is 5.56 Å². The smallest absolute Gasteiger partial charge is 0.234 e. The maximum Gasteiger partial charge on any atom is 0.234 e. The molecule has 0 atom stereocenters. The number of fused-ring (bicyclic) bond motifs is 1. The number of anilines is 1. The van der Waals surface area contributed by atoms with E-state index in [4.69, 9.17) is 16.3 Å². The van der Waals surface area contributed by atoms with Crippen LogP contribution in [0.1, 0.15) is 11.1 Å². The van der Waals surface area contributed by atoms with E-state index < -0.39 is 0 Å². The summed E-state index contributed by atoms with van der Waals surface area (Å²) in [5, 5.41) is 0.695. The first kappa shape index (κ1) is 20.6. The van der Waals surface area contributed by atoms with Gasteiger partial charge in [-0.05, 0) is 35.4 Å². The largest absolute Gasteiger partial charge is 0.472 e. The lowest BCUT2D eigenvalue weighted by molar-refractivity contribution is 0.248. The van der Waals surface area contributed by atoms with Gasteiger partial charge < -0.3 is 9.64 Å². The van der Waals surface area contributed by atoms with Gasteiger partial charge >= 0.3 is 0 Å². The highest BCUT2D eigenvalue weighted by Crippen LogP contribution is 2.19. The van der Waals surface area contributed by atoms with Gasteiger partial charge in [0.15, 0.2) is 5.82 Å². The summed E-state index contributed by atoms with van der Waals surface area (Å²) in [4.78, 5) is 22.4. The molecule has 1 aliphatic rings. The molecule has 162 valence electrons. The Bertz CT molecular complexity index is 1210. The van der Waals surface area contributed by atoms with Crippen molar-refractivity contribution >= 4 is 28.5 Å². The number of hydrogen-bond donors (Lipinski definition) is 0. The Morgan fingerprint density at radius 2 is 1.72 bits per heavy atom. The van der Waals surface area contributed by atoms with Gasteiger partial charge in [0.05, 0.1) is 23.4 Å². The van der Waals surface area contributed by atoms with Crippen LogP contribution in [0.15, 0.2) is 67.3 Å². The number of benzene rings is 2. The van der Waals surface area contributed by atoms with E-state index in [-0.39, 0.29) is 0 Å². The molecule has 4 aromatic rings. The lowest BCUT2D eigenvalue weighted by Gasteiger charge is -2.35. The zero-order valence-corrected chi connectivity index (χ0v) is 18.3. The summed E-state index contributed by atoms with van der Waals surface area (Å²) >= 11 is 6.04. The van der Waals surface area contributed by atoms with Crippen molar-refractivity contribution in [2.75, 3.05) is 31.1 Å². The van der Waals surface area contributed by atoms with Crippen LogP contribution in [0.3, 0.4) is 0 Å². The molecule has 32 heavy (non-hydrogen) atoms. The van der Waals surface area contributed by atoms with Gasteiger partial charge in [0, 0.05) is 50.1 Å². The normalized spacial score (nSPS) is 14.6. The molecule has 0 saturated carbocycles. The fraction of sp³-hybridized carbons (Fsp3) is 0.250. The van der Waals surface area contributed by atoms with E-state index in [2.05, 4.69) is 41.9 Å². The molecule has 2 aromatic heterocycles. The predicted octanol–water partition coefficient (Wildman–Crippen LogP) is 3.97. The summed E-state index contributed by atoms with van der Waals surface area (Å²) in [6.45, 7) is 4.98. The molecule has 0 spiro atoms. The standard InChI is InChI=1S/C24H23ClN6O/c25-20-3-1-2-19(12-20)17-32-24-15-26-14-23(29-24)31-10-8-30(9-11-31)16-18-4-5-21-22(13-18)28-7-6-27-21/h1-7,12-15H,8-11,16-17H2. The summed E-state index contributed by atoms with van der Waals surface area (Å²) in [5.74, 6) is 1.36. The van der Waals surface area contributed by atoms with E-state index in [0.29, 0.717) is 17.5 Å². The first-order chi connectivity index (χ1) is 15.7. The Hall–Kier alpha value is -3.29. The van der Waals surface area contributed by atoms with Gasteiger partial charge in [-0.2, -0.15) is 4.98 Å². The van der Waals surface area contributed by atoms with Gasteiger partial charge in [-0.15, -0.1) is 0 Å². The van der Waals surface area contributed by atoms with Gasteiger partial charge in [-0.3, -0.25) is 19.9 Å². The quantitative estimate of drug-likeness (QED) is 0.444. The fourth-order valence-electron chi connectivity index (χ4n) is 3.84. The van der Waals surface area contributed by atoms with Gasteiger partial charge in [0.1, 0.15) is 6.61 Å². The number of halogens is 1. The highest BCUT2D eigenvalue weighted by Gasteiger charge is 2.19. The minimum absolute atomic E-state index is 0.405. The number of nitrogens with zero attached hydrogens (tertiary/aromatic N) is 6. The molecule has 1 saturated heterocycles. The van der Waals surface area contributed by atoms with Gasteiger partial charge in [0.2, 0.25) is 5.88 Å². The molecule has 0 N–H and O–H groups in total. The monoisotopic (exact) mass is 446 g/mol. The number of hydrogen-bond acceptors (Lipinski definition) is 7. The molecule has 0 radical (unpaired) electrons. The third-order valence-electron chi connectivity index (χ3n) is 5.51. The van der Waals surface area contributed by atoms with Gasteiger partial charge in [0.25, 0.3) is 0 Å². The van der Waals surface area contributed by atoms with Crippen LogP contribution in [0, 0.1) is 0 Å². The SMILES string of the molecule is Clc1cccc(COc2cncc(N3CCN(Cc4ccc5nccnc5c4)CC3)n2)c1. The van der Waals surface area contributed by atoms with Crippen molar-refractivity contribution in [3.05, 3.63) is 83.4 Å². The molecular weight excluding hydrogens is 424 g/mol. The molecule has 1 fully saturated rings. The Morgan fingerprint density at radius 1 is 0.875 bits per heavy atom. The fourth-order valence-corrected chi connectivity index (χ4v) is 4.06. The second-order valence-corrected chi connectivity index (χ2v) is 8.21. The molecule has 0 amide bonds. The Labute approximate surface area is 191 Å². The molecule has 8 heteroatoms. The van der Waals surface area contributed by atoms with Crippen LogP contribution < -0.4 is 9.64 Å². The minimum Gasteiger partial charge on any atom is -0.472 e. The van der Waals surface area contributed by atoms with Crippen molar-refractivity contribution in [2.45, 2.75) is 13.2 Å². The molecule has 2 aromatic carbocycles. The van der Waals surface area contributed by atoms with Crippen molar-refractivity contribution in [1.29, 1.82) is 0 Å². The van der Waals surface area contributed by atoms with Crippen molar-refractivity contribution in [1.82, 2.24) is 24.8 Å².